The van der Waals surface area contributed by atoms with Gasteiger partial charge in [-0.25, -0.2) is 14.6 Å². The molecule has 32 heavy (non-hydrogen) atoms. The van der Waals surface area contributed by atoms with Gasteiger partial charge in [0.25, 0.3) is 5.91 Å². The number of halogens is 1. The summed E-state index contributed by atoms with van der Waals surface area (Å²) in [7, 11) is 0. The van der Waals surface area contributed by atoms with Crippen LogP contribution in [-0.4, -0.2) is 53.4 Å². The molecule has 1 fully saturated rings. The Morgan fingerprint density at radius 2 is 2.12 bits per heavy atom. The maximum absolute atomic E-state index is 13.8. The maximum Gasteiger partial charge on any atom is 0.413 e. The molecule has 11 heteroatoms. The summed E-state index contributed by atoms with van der Waals surface area (Å²) in [5.41, 5.74) is 2.81. The summed E-state index contributed by atoms with van der Waals surface area (Å²) in [6.45, 7) is 6.25. The van der Waals surface area contributed by atoms with Gasteiger partial charge in [0.2, 0.25) is 0 Å². The Balaban J connectivity index is 1.67. The zero-order chi connectivity index (χ0) is 23.3. The van der Waals surface area contributed by atoms with Crippen molar-refractivity contribution in [2.45, 2.75) is 39.2 Å². The third-order valence-corrected chi connectivity index (χ3v) is 5.22. The number of thioether (sulfide) groups is 1. The number of aliphatic imine (C=N–C) groups is 1. The van der Waals surface area contributed by atoms with Crippen molar-refractivity contribution < 1.29 is 28.2 Å². The van der Waals surface area contributed by atoms with Gasteiger partial charge in [0.15, 0.2) is 5.17 Å². The SMILES string of the molecule is CC(C)(C)OC(=O)CNC(=O)Oc1cc(F)ccc1/C=C1/SC(N2CCCCN2)=NC1=O. The van der Waals surface area contributed by atoms with Crippen molar-refractivity contribution >= 4 is 41.0 Å². The van der Waals surface area contributed by atoms with Gasteiger partial charge >= 0.3 is 12.1 Å². The molecule has 0 atom stereocenters. The molecule has 0 unspecified atom stereocenters. The molecule has 1 saturated heterocycles. The number of amides is 2. The van der Waals surface area contributed by atoms with Gasteiger partial charge in [-0.1, -0.05) is 0 Å². The highest BCUT2D eigenvalue weighted by molar-refractivity contribution is 8.18. The van der Waals surface area contributed by atoms with E-state index in [0.717, 1.165) is 32.0 Å². The topological polar surface area (TPSA) is 109 Å². The minimum atomic E-state index is -0.957. The van der Waals surface area contributed by atoms with Crippen LogP contribution in [-0.2, 0) is 14.3 Å². The fourth-order valence-electron chi connectivity index (χ4n) is 2.88. The number of carbonyl (C=O) groups excluding carboxylic acids is 3. The molecule has 0 saturated carbocycles. The van der Waals surface area contributed by atoms with E-state index >= 15 is 0 Å². The summed E-state index contributed by atoms with van der Waals surface area (Å²) in [5.74, 6) is -1.79. The molecule has 0 radical (unpaired) electrons. The highest BCUT2D eigenvalue weighted by atomic mass is 32.2. The summed E-state index contributed by atoms with van der Waals surface area (Å²) in [4.78, 5) is 40.6. The number of hydrogen-bond donors (Lipinski definition) is 2. The first-order chi connectivity index (χ1) is 15.1. The zero-order valence-electron chi connectivity index (χ0n) is 18.1. The largest absolute Gasteiger partial charge is 0.459 e. The molecule has 2 amide bonds. The van der Waals surface area contributed by atoms with E-state index in [9.17, 15) is 18.8 Å². The Morgan fingerprint density at radius 3 is 2.81 bits per heavy atom. The molecule has 2 aliphatic heterocycles. The van der Waals surface area contributed by atoms with Crippen LogP contribution in [0.15, 0.2) is 28.1 Å². The Hall–Kier alpha value is -2.92. The molecule has 9 nitrogen and oxygen atoms in total. The highest BCUT2D eigenvalue weighted by Gasteiger charge is 2.27. The van der Waals surface area contributed by atoms with Gasteiger partial charge in [0.05, 0.1) is 4.91 Å². The predicted octanol–water partition coefficient (Wildman–Crippen LogP) is 2.83. The van der Waals surface area contributed by atoms with Crippen LogP contribution in [0.2, 0.25) is 0 Å². The smallest absolute Gasteiger partial charge is 0.413 e. The van der Waals surface area contributed by atoms with Crippen molar-refractivity contribution in [2.24, 2.45) is 4.99 Å². The van der Waals surface area contributed by atoms with E-state index in [0.29, 0.717) is 15.6 Å². The minimum Gasteiger partial charge on any atom is -0.459 e. The van der Waals surface area contributed by atoms with Crippen LogP contribution >= 0.6 is 11.8 Å². The van der Waals surface area contributed by atoms with Gasteiger partial charge in [0.1, 0.15) is 23.7 Å². The number of ether oxygens (including phenoxy) is 2. The third kappa shape index (κ3) is 6.79. The lowest BCUT2D eigenvalue weighted by Crippen LogP contribution is -2.45. The Kier molecular flexibility index (Phi) is 7.52. The maximum atomic E-state index is 13.8. The second-order valence-electron chi connectivity index (χ2n) is 8.09. The summed E-state index contributed by atoms with van der Waals surface area (Å²) in [6, 6.07) is 3.61. The van der Waals surface area contributed by atoms with Crippen LogP contribution in [0.4, 0.5) is 9.18 Å². The monoisotopic (exact) mass is 464 g/mol. The van der Waals surface area contributed by atoms with E-state index in [4.69, 9.17) is 9.47 Å². The van der Waals surface area contributed by atoms with Crippen LogP contribution in [0.25, 0.3) is 6.08 Å². The van der Waals surface area contributed by atoms with Gasteiger partial charge in [-0.3, -0.25) is 14.6 Å². The molecule has 1 aromatic carbocycles. The minimum absolute atomic E-state index is 0.0999. The van der Waals surface area contributed by atoms with Gasteiger partial charge in [-0.2, -0.15) is 4.99 Å². The number of rotatable bonds is 4. The highest BCUT2D eigenvalue weighted by Crippen LogP contribution is 2.32. The molecular weight excluding hydrogens is 439 g/mol. The first-order valence-electron chi connectivity index (χ1n) is 10.1. The van der Waals surface area contributed by atoms with Crippen molar-refractivity contribution in [1.29, 1.82) is 0 Å². The first kappa shape index (κ1) is 23.7. The normalized spacial score (nSPS) is 17.9. The number of hydrogen-bond acceptors (Lipinski definition) is 8. The lowest BCUT2D eigenvalue weighted by molar-refractivity contribution is -0.153. The lowest BCUT2D eigenvalue weighted by Gasteiger charge is -2.28. The quantitative estimate of drug-likeness (QED) is 0.517. The summed E-state index contributed by atoms with van der Waals surface area (Å²) in [5, 5.41) is 4.64. The number of nitrogens with one attached hydrogen (secondary N) is 2. The molecule has 0 aromatic heterocycles. The number of esters is 1. The second-order valence-corrected chi connectivity index (χ2v) is 9.10. The molecule has 172 valence electrons. The van der Waals surface area contributed by atoms with E-state index < -0.39 is 35.9 Å². The van der Waals surface area contributed by atoms with E-state index in [1.54, 1.807) is 20.8 Å². The molecule has 1 aromatic rings. The number of carbonyl (C=O) groups is 3. The number of benzene rings is 1. The average Bonchev–Trinajstić information content (AvgIpc) is 3.08. The number of nitrogens with zero attached hydrogens (tertiary/aromatic N) is 2. The van der Waals surface area contributed by atoms with Crippen LogP contribution in [0, 0.1) is 5.82 Å². The molecule has 0 aliphatic carbocycles. The summed E-state index contributed by atoms with van der Waals surface area (Å²) in [6.07, 6.45) is 2.58. The van der Waals surface area contributed by atoms with Crippen molar-refractivity contribution in [2.75, 3.05) is 19.6 Å². The van der Waals surface area contributed by atoms with Gasteiger partial charge < -0.3 is 14.8 Å². The van der Waals surface area contributed by atoms with Crippen molar-refractivity contribution in [1.82, 2.24) is 15.8 Å². The van der Waals surface area contributed by atoms with Crippen LogP contribution in [0.5, 0.6) is 5.75 Å². The molecule has 2 N–H and O–H groups in total. The molecule has 0 spiro atoms. The predicted molar refractivity (Wildman–Crippen MR) is 118 cm³/mol. The molecule has 2 aliphatic rings. The van der Waals surface area contributed by atoms with Gasteiger partial charge in [-0.15, -0.1) is 0 Å². The zero-order valence-corrected chi connectivity index (χ0v) is 18.9. The Morgan fingerprint density at radius 1 is 1.34 bits per heavy atom. The summed E-state index contributed by atoms with van der Waals surface area (Å²) < 4.78 is 24.0. The van der Waals surface area contributed by atoms with Gasteiger partial charge in [-0.05, 0) is 63.6 Å². The fraction of sp³-hybridized carbons (Fsp3) is 0.429. The molecular formula is C21H25FN4O5S. The summed E-state index contributed by atoms with van der Waals surface area (Å²) >= 11 is 1.19. The van der Waals surface area contributed by atoms with E-state index in [1.165, 1.54) is 30.0 Å². The van der Waals surface area contributed by atoms with E-state index in [-0.39, 0.29) is 5.75 Å². The third-order valence-electron chi connectivity index (χ3n) is 4.21. The molecule has 2 heterocycles. The average molecular weight is 465 g/mol. The van der Waals surface area contributed by atoms with E-state index in [2.05, 4.69) is 15.7 Å². The van der Waals surface area contributed by atoms with Crippen molar-refractivity contribution in [3.63, 3.8) is 0 Å². The van der Waals surface area contributed by atoms with Crippen LogP contribution < -0.4 is 15.5 Å². The van der Waals surface area contributed by atoms with Gasteiger partial charge in [0, 0.05) is 24.7 Å². The van der Waals surface area contributed by atoms with Crippen molar-refractivity contribution in [3.05, 3.63) is 34.5 Å². The van der Waals surface area contributed by atoms with Crippen molar-refractivity contribution in [3.8, 4) is 5.75 Å². The standard InChI is InChI=1S/C21H25FN4O5S/c1-21(2,3)31-17(27)12-23-20(29)30-15-11-14(22)7-6-13(15)10-16-18(28)25-19(32-16)26-9-5-4-8-24-26/h6-7,10-11,24H,4-5,8-9,12H2,1-3H3,(H,23,29)/b16-10+. The lowest BCUT2D eigenvalue weighted by atomic mass is 10.2. The second kappa shape index (κ2) is 10.1. The van der Waals surface area contributed by atoms with Crippen LogP contribution in [0.1, 0.15) is 39.2 Å². The number of amidine groups is 1. The number of hydrazine groups is 1. The fourth-order valence-corrected chi connectivity index (χ4v) is 3.79. The first-order valence-corrected chi connectivity index (χ1v) is 10.9. The Labute approximate surface area is 189 Å². The molecule has 3 rings (SSSR count). The molecule has 0 bridgehead atoms. The van der Waals surface area contributed by atoms with E-state index in [1.807, 2.05) is 5.01 Å². The Bertz CT molecular complexity index is 967. The van der Waals surface area contributed by atoms with Crippen LogP contribution in [0.3, 0.4) is 0 Å².